The third kappa shape index (κ3) is 6.35. The van der Waals surface area contributed by atoms with Gasteiger partial charge in [-0.2, -0.15) is 22.0 Å². The van der Waals surface area contributed by atoms with E-state index in [0.717, 1.165) is 19.3 Å². The third-order valence-corrected chi connectivity index (χ3v) is 3.24. The lowest BCUT2D eigenvalue weighted by Crippen LogP contribution is -2.36. The summed E-state index contributed by atoms with van der Waals surface area (Å²) in [6.45, 7) is 1.15. The van der Waals surface area contributed by atoms with E-state index in [1.54, 1.807) is 0 Å². The maximum atomic E-state index is 12.6. The van der Waals surface area contributed by atoms with Gasteiger partial charge in [-0.3, -0.25) is 0 Å². The second-order valence-electron chi connectivity index (χ2n) is 5.03. The van der Waals surface area contributed by atoms with Gasteiger partial charge < -0.3 is 9.47 Å². The summed E-state index contributed by atoms with van der Waals surface area (Å²) < 4.78 is 71.6. The van der Waals surface area contributed by atoms with Crippen molar-refractivity contribution in [2.75, 3.05) is 13.2 Å². The van der Waals surface area contributed by atoms with Crippen LogP contribution in [-0.2, 0) is 9.47 Å². The molecule has 0 amide bonds. The average molecular weight is 304 g/mol. The molecule has 1 aliphatic heterocycles. The molecule has 1 unspecified atom stereocenters. The number of hydrogen-bond donors (Lipinski definition) is 0. The Balaban J connectivity index is 1.97. The van der Waals surface area contributed by atoms with E-state index in [-0.39, 0.29) is 12.7 Å². The average Bonchev–Trinajstić information content (AvgIpc) is 2.37. The van der Waals surface area contributed by atoms with Crippen LogP contribution in [0.1, 0.15) is 51.4 Å². The predicted octanol–water partition coefficient (Wildman–Crippen LogP) is 4.68. The van der Waals surface area contributed by atoms with Gasteiger partial charge in [-0.1, -0.05) is 12.8 Å². The van der Waals surface area contributed by atoms with Crippen molar-refractivity contribution >= 4 is 0 Å². The van der Waals surface area contributed by atoms with Crippen molar-refractivity contribution in [2.45, 2.75) is 69.8 Å². The van der Waals surface area contributed by atoms with Crippen molar-refractivity contribution in [3.63, 3.8) is 0 Å². The molecule has 120 valence electrons. The highest BCUT2D eigenvalue weighted by atomic mass is 19.4. The molecule has 1 fully saturated rings. The normalized spacial score (nSPS) is 21.1. The molecule has 0 aromatic carbocycles. The van der Waals surface area contributed by atoms with Crippen LogP contribution in [0.3, 0.4) is 0 Å². The Hall–Kier alpha value is -0.430. The zero-order valence-electron chi connectivity index (χ0n) is 11.4. The highest BCUT2D eigenvalue weighted by molar-refractivity contribution is 4.75. The summed E-state index contributed by atoms with van der Waals surface area (Å²) in [7, 11) is 0. The first kappa shape index (κ1) is 17.6. The smallest absolute Gasteiger partial charge is 0.353 e. The van der Waals surface area contributed by atoms with E-state index in [4.69, 9.17) is 9.47 Å². The molecule has 2 nitrogen and oxygen atoms in total. The molecule has 0 aliphatic carbocycles. The standard InChI is InChI=1S/C13H21F5O2/c14-12(15,13(16,17)18)8-4-1-2-5-9-19-11-7-3-6-10-20-11/h11H,1-10H2. The van der Waals surface area contributed by atoms with Crippen LogP contribution in [0.5, 0.6) is 0 Å². The van der Waals surface area contributed by atoms with Crippen molar-refractivity contribution in [1.29, 1.82) is 0 Å². The van der Waals surface area contributed by atoms with Crippen LogP contribution in [0, 0.1) is 0 Å². The Morgan fingerprint density at radius 3 is 2.25 bits per heavy atom. The molecule has 0 aromatic rings. The van der Waals surface area contributed by atoms with E-state index in [0.29, 0.717) is 32.5 Å². The largest absolute Gasteiger partial charge is 0.453 e. The minimum absolute atomic E-state index is 0.133. The summed E-state index contributed by atoms with van der Waals surface area (Å²) in [6.07, 6.45) is -2.34. The Kier molecular flexibility index (Phi) is 7.15. The van der Waals surface area contributed by atoms with E-state index < -0.39 is 18.5 Å². The number of hydrogen-bond acceptors (Lipinski definition) is 2. The van der Waals surface area contributed by atoms with Crippen LogP contribution in [-0.4, -0.2) is 31.6 Å². The van der Waals surface area contributed by atoms with E-state index in [1.165, 1.54) is 0 Å². The van der Waals surface area contributed by atoms with E-state index in [2.05, 4.69) is 0 Å². The van der Waals surface area contributed by atoms with Crippen molar-refractivity contribution in [2.24, 2.45) is 0 Å². The van der Waals surface area contributed by atoms with Crippen molar-refractivity contribution in [3.05, 3.63) is 0 Å². The summed E-state index contributed by atoms with van der Waals surface area (Å²) in [5, 5.41) is 0. The number of rotatable bonds is 8. The highest BCUT2D eigenvalue weighted by Crippen LogP contribution is 2.39. The topological polar surface area (TPSA) is 18.5 Å². The van der Waals surface area contributed by atoms with E-state index in [1.807, 2.05) is 0 Å². The van der Waals surface area contributed by atoms with Crippen LogP contribution in [0.15, 0.2) is 0 Å². The Morgan fingerprint density at radius 1 is 0.950 bits per heavy atom. The summed E-state index contributed by atoms with van der Waals surface area (Å²) in [5.74, 6) is -4.57. The fourth-order valence-electron chi connectivity index (χ4n) is 2.00. The zero-order valence-corrected chi connectivity index (χ0v) is 11.4. The summed E-state index contributed by atoms with van der Waals surface area (Å²) in [5.41, 5.74) is 0. The van der Waals surface area contributed by atoms with Crippen LogP contribution in [0.25, 0.3) is 0 Å². The summed E-state index contributed by atoms with van der Waals surface area (Å²) in [4.78, 5) is 0. The summed E-state index contributed by atoms with van der Waals surface area (Å²) in [6, 6.07) is 0. The molecular formula is C13H21F5O2. The first-order valence-electron chi connectivity index (χ1n) is 7.01. The molecule has 1 aliphatic rings. The number of alkyl halides is 5. The number of halogens is 5. The lowest BCUT2D eigenvalue weighted by Gasteiger charge is -2.22. The maximum absolute atomic E-state index is 12.6. The molecule has 0 aromatic heterocycles. The van der Waals surface area contributed by atoms with Gasteiger partial charge in [0.25, 0.3) is 0 Å². The van der Waals surface area contributed by atoms with E-state index >= 15 is 0 Å². The first-order chi connectivity index (χ1) is 9.33. The van der Waals surface area contributed by atoms with Crippen molar-refractivity contribution in [3.8, 4) is 0 Å². The molecule has 0 bridgehead atoms. The Labute approximate surface area is 115 Å². The Morgan fingerprint density at radius 2 is 1.65 bits per heavy atom. The van der Waals surface area contributed by atoms with Crippen LogP contribution in [0.2, 0.25) is 0 Å². The molecule has 0 spiro atoms. The van der Waals surface area contributed by atoms with E-state index in [9.17, 15) is 22.0 Å². The molecule has 1 saturated heterocycles. The highest BCUT2D eigenvalue weighted by Gasteiger charge is 2.56. The number of ether oxygens (including phenoxy) is 2. The van der Waals surface area contributed by atoms with Gasteiger partial charge in [0, 0.05) is 19.6 Å². The third-order valence-electron chi connectivity index (χ3n) is 3.24. The first-order valence-corrected chi connectivity index (χ1v) is 7.01. The molecule has 0 N–H and O–H groups in total. The molecule has 7 heteroatoms. The van der Waals surface area contributed by atoms with Crippen LogP contribution < -0.4 is 0 Å². The second-order valence-corrected chi connectivity index (χ2v) is 5.03. The maximum Gasteiger partial charge on any atom is 0.453 e. The zero-order chi connectivity index (χ0) is 15.1. The van der Waals surface area contributed by atoms with Gasteiger partial charge in [-0.15, -0.1) is 0 Å². The van der Waals surface area contributed by atoms with Crippen molar-refractivity contribution in [1.82, 2.24) is 0 Å². The fraction of sp³-hybridized carbons (Fsp3) is 1.00. The predicted molar refractivity (Wildman–Crippen MR) is 63.6 cm³/mol. The quantitative estimate of drug-likeness (QED) is 0.479. The van der Waals surface area contributed by atoms with Crippen molar-refractivity contribution < 1.29 is 31.4 Å². The van der Waals surface area contributed by atoms with Gasteiger partial charge in [0.1, 0.15) is 0 Å². The van der Waals surface area contributed by atoms with Crippen LogP contribution >= 0.6 is 0 Å². The molecular weight excluding hydrogens is 283 g/mol. The monoisotopic (exact) mass is 304 g/mol. The molecule has 0 saturated carbocycles. The Bertz CT molecular complexity index is 262. The fourth-order valence-corrected chi connectivity index (χ4v) is 2.00. The molecule has 0 radical (unpaired) electrons. The summed E-state index contributed by atoms with van der Waals surface area (Å²) >= 11 is 0. The van der Waals surface area contributed by atoms with Crippen LogP contribution in [0.4, 0.5) is 22.0 Å². The molecule has 1 rings (SSSR count). The van der Waals surface area contributed by atoms with Gasteiger partial charge in [0.15, 0.2) is 6.29 Å². The lowest BCUT2D eigenvalue weighted by molar-refractivity contribution is -0.284. The molecule has 1 heterocycles. The minimum atomic E-state index is -5.44. The van der Waals surface area contributed by atoms with Gasteiger partial charge in [0.05, 0.1) is 0 Å². The van der Waals surface area contributed by atoms with Gasteiger partial charge in [0.2, 0.25) is 0 Å². The van der Waals surface area contributed by atoms with Gasteiger partial charge >= 0.3 is 12.1 Å². The SMILES string of the molecule is FC(F)(F)C(F)(F)CCCCCCOC1CCCCO1. The second kappa shape index (κ2) is 8.12. The number of unbranched alkanes of at least 4 members (excludes halogenated alkanes) is 3. The molecule has 20 heavy (non-hydrogen) atoms. The lowest BCUT2D eigenvalue weighted by atomic mass is 10.1. The van der Waals surface area contributed by atoms with Gasteiger partial charge in [-0.25, -0.2) is 0 Å². The molecule has 1 atom stereocenters. The van der Waals surface area contributed by atoms with Gasteiger partial charge in [-0.05, 0) is 32.1 Å². The minimum Gasteiger partial charge on any atom is -0.353 e.